The normalized spacial score (nSPS) is 34.5. The first-order valence-corrected chi connectivity index (χ1v) is 5.96. The van der Waals surface area contributed by atoms with Crippen molar-refractivity contribution in [2.45, 2.75) is 43.1 Å². The molecule has 3 heterocycles. The van der Waals surface area contributed by atoms with Gasteiger partial charge in [-0.25, -0.2) is 9.97 Å². The summed E-state index contributed by atoms with van der Waals surface area (Å²) in [6.45, 7) is 0. The van der Waals surface area contributed by atoms with Crippen molar-refractivity contribution < 1.29 is 0 Å². The number of anilines is 1. The molecule has 0 aliphatic carbocycles. The number of piperidine rings is 1. The fourth-order valence-electron chi connectivity index (χ4n) is 2.92. The van der Waals surface area contributed by atoms with Gasteiger partial charge in [0.2, 0.25) is 0 Å². The molecule has 2 aliphatic rings. The number of halogens is 1. The van der Waals surface area contributed by atoms with Gasteiger partial charge in [-0.1, -0.05) is 0 Å². The minimum atomic E-state index is 0.362. The molecule has 2 atom stereocenters. The Morgan fingerprint density at radius 1 is 1.27 bits per heavy atom. The SMILES string of the molecule is ClC1CC2CCC(C1)N2c1ccncn1. The van der Waals surface area contributed by atoms with Crippen molar-refractivity contribution in [2.24, 2.45) is 0 Å². The minimum Gasteiger partial charge on any atom is -0.350 e. The molecular formula is C11H14ClN3. The maximum absolute atomic E-state index is 6.24. The van der Waals surface area contributed by atoms with E-state index in [1.807, 2.05) is 12.3 Å². The highest BCUT2D eigenvalue weighted by molar-refractivity contribution is 6.20. The molecule has 0 N–H and O–H groups in total. The van der Waals surface area contributed by atoms with Crippen LogP contribution in [0.4, 0.5) is 5.82 Å². The van der Waals surface area contributed by atoms with E-state index in [0.717, 1.165) is 18.7 Å². The second kappa shape index (κ2) is 3.63. The quantitative estimate of drug-likeness (QED) is 0.684. The maximum atomic E-state index is 6.24. The molecule has 1 aromatic heterocycles. The zero-order valence-electron chi connectivity index (χ0n) is 8.51. The number of fused-ring (bicyclic) bond motifs is 2. The molecule has 3 nitrogen and oxygen atoms in total. The van der Waals surface area contributed by atoms with Crippen LogP contribution in [0.1, 0.15) is 25.7 Å². The van der Waals surface area contributed by atoms with Crippen LogP contribution < -0.4 is 4.90 Å². The zero-order chi connectivity index (χ0) is 10.3. The van der Waals surface area contributed by atoms with E-state index in [-0.39, 0.29) is 0 Å². The van der Waals surface area contributed by atoms with Crippen LogP contribution in [0.25, 0.3) is 0 Å². The number of hydrogen-bond donors (Lipinski definition) is 0. The Morgan fingerprint density at radius 3 is 2.60 bits per heavy atom. The lowest BCUT2D eigenvalue weighted by molar-refractivity contribution is 0.470. The fraction of sp³-hybridized carbons (Fsp3) is 0.636. The fourth-order valence-corrected chi connectivity index (χ4v) is 3.33. The highest BCUT2D eigenvalue weighted by Crippen LogP contribution is 2.39. The Labute approximate surface area is 94.5 Å². The number of alkyl halides is 1. The number of aromatic nitrogens is 2. The molecule has 15 heavy (non-hydrogen) atoms. The second-order valence-corrected chi connectivity index (χ2v) is 5.05. The average Bonchev–Trinajstić information content (AvgIpc) is 2.53. The summed E-state index contributed by atoms with van der Waals surface area (Å²) >= 11 is 6.24. The predicted molar refractivity (Wildman–Crippen MR) is 60.2 cm³/mol. The van der Waals surface area contributed by atoms with Crippen LogP contribution in [0.2, 0.25) is 0 Å². The minimum absolute atomic E-state index is 0.362. The van der Waals surface area contributed by atoms with Gasteiger partial charge in [-0.15, -0.1) is 11.6 Å². The van der Waals surface area contributed by atoms with Crippen molar-refractivity contribution in [1.82, 2.24) is 9.97 Å². The third-order valence-corrected chi connectivity index (χ3v) is 3.86. The molecule has 2 fully saturated rings. The smallest absolute Gasteiger partial charge is 0.132 e. The Balaban J connectivity index is 1.89. The molecule has 3 rings (SSSR count). The summed E-state index contributed by atoms with van der Waals surface area (Å²) in [6.07, 6.45) is 8.16. The molecule has 2 bridgehead atoms. The maximum Gasteiger partial charge on any atom is 0.132 e. The van der Waals surface area contributed by atoms with Crippen molar-refractivity contribution in [3.05, 3.63) is 18.6 Å². The number of nitrogens with zero attached hydrogens (tertiary/aromatic N) is 3. The third-order valence-electron chi connectivity index (χ3n) is 3.51. The van der Waals surface area contributed by atoms with Crippen LogP contribution in [0.3, 0.4) is 0 Å². The van der Waals surface area contributed by atoms with E-state index in [1.54, 1.807) is 6.33 Å². The largest absolute Gasteiger partial charge is 0.350 e. The van der Waals surface area contributed by atoms with E-state index in [9.17, 15) is 0 Å². The standard InChI is InChI=1S/C11H14ClN3/c12-8-5-9-1-2-10(6-8)15(9)11-3-4-13-7-14-11/h3-4,7-10H,1-2,5-6H2. The third kappa shape index (κ3) is 1.59. The molecule has 2 unspecified atom stereocenters. The van der Waals surface area contributed by atoms with Gasteiger partial charge in [-0.2, -0.15) is 0 Å². The molecule has 0 aromatic carbocycles. The van der Waals surface area contributed by atoms with E-state index in [4.69, 9.17) is 11.6 Å². The lowest BCUT2D eigenvalue weighted by atomic mass is 10.0. The summed E-state index contributed by atoms with van der Waals surface area (Å²) in [5, 5.41) is 0.362. The average molecular weight is 224 g/mol. The van der Waals surface area contributed by atoms with Gasteiger partial charge < -0.3 is 4.90 Å². The van der Waals surface area contributed by atoms with Crippen molar-refractivity contribution in [1.29, 1.82) is 0 Å². The molecule has 2 saturated heterocycles. The molecule has 0 amide bonds. The summed E-state index contributed by atoms with van der Waals surface area (Å²) in [6, 6.07) is 3.20. The first-order valence-electron chi connectivity index (χ1n) is 5.53. The van der Waals surface area contributed by atoms with Gasteiger partial charge in [0.05, 0.1) is 0 Å². The predicted octanol–water partition coefficient (Wildman–Crippen LogP) is 2.22. The summed E-state index contributed by atoms with van der Waals surface area (Å²) in [5.74, 6) is 1.07. The Kier molecular flexibility index (Phi) is 2.28. The van der Waals surface area contributed by atoms with Crippen LogP contribution in [0.5, 0.6) is 0 Å². The van der Waals surface area contributed by atoms with E-state index in [2.05, 4.69) is 14.9 Å². The lowest BCUT2D eigenvalue weighted by Gasteiger charge is -2.37. The highest BCUT2D eigenvalue weighted by atomic mass is 35.5. The monoisotopic (exact) mass is 223 g/mol. The van der Waals surface area contributed by atoms with Gasteiger partial charge in [-0.05, 0) is 31.7 Å². The Hall–Kier alpha value is -0.830. The highest BCUT2D eigenvalue weighted by Gasteiger charge is 2.40. The van der Waals surface area contributed by atoms with Crippen LogP contribution in [0, 0.1) is 0 Å². The van der Waals surface area contributed by atoms with E-state index < -0.39 is 0 Å². The van der Waals surface area contributed by atoms with Gasteiger partial charge >= 0.3 is 0 Å². The van der Waals surface area contributed by atoms with Crippen LogP contribution >= 0.6 is 11.6 Å². The Bertz CT molecular complexity index is 329. The zero-order valence-corrected chi connectivity index (χ0v) is 9.27. The van der Waals surface area contributed by atoms with Gasteiger partial charge in [0.25, 0.3) is 0 Å². The van der Waals surface area contributed by atoms with Crippen molar-refractivity contribution in [3.63, 3.8) is 0 Å². The molecular weight excluding hydrogens is 210 g/mol. The number of hydrogen-bond acceptors (Lipinski definition) is 3. The van der Waals surface area contributed by atoms with E-state index >= 15 is 0 Å². The molecule has 1 aromatic rings. The van der Waals surface area contributed by atoms with E-state index in [1.165, 1.54) is 12.8 Å². The van der Waals surface area contributed by atoms with Crippen molar-refractivity contribution in [3.8, 4) is 0 Å². The van der Waals surface area contributed by atoms with Gasteiger partial charge in [0.15, 0.2) is 0 Å². The first kappa shape index (κ1) is 9.40. The summed E-state index contributed by atoms with van der Waals surface area (Å²) in [7, 11) is 0. The molecule has 80 valence electrons. The molecule has 0 radical (unpaired) electrons. The lowest BCUT2D eigenvalue weighted by Crippen LogP contribution is -2.43. The van der Waals surface area contributed by atoms with Crippen molar-refractivity contribution in [2.75, 3.05) is 4.90 Å². The molecule has 0 spiro atoms. The van der Waals surface area contributed by atoms with Gasteiger partial charge in [0, 0.05) is 23.7 Å². The first-order chi connectivity index (χ1) is 7.34. The number of rotatable bonds is 1. The second-order valence-electron chi connectivity index (χ2n) is 4.43. The molecule has 0 saturated carbocycles. The summed E-state index contributed by atoms with van der Waals surface area (Å²) < 4.78 is 0. The summed E-state index contributed by atoms with van der Waals surface area (Å²) in [4.78, 5) is 10.7. The van der Waals surface area contributed by atoms with E-state index in [0.29, 0.717) is 17.5 Å². The van der Waals surface area contributed by atoms with Crippen molar-refractivity contribution >= 4 is 17.4 Å². The topological polar surface area (TPSA) is 29.0 Å². The Morgan fingerprint density at radius 2 is 2.00 bits per heavy atom. The van der Waals surface area contributed by atoms with Gasteiger partial charge in [-0.3, -0.25) is 0 Å². The van der Waals surface area contributed by atoms with Crippen LogP contribution in [-0.4, -0.2) is 27.4 Å². The molecule has 2 aliphatic heterocycles. The molecule has 4 heteroatoms. The van der Waals surface area contributed by atoms with Gasteiger partial charge in [0.1, 0.15) is 12.1 Å². The summed E-state index contributed by atoms with van der Waals surface area (Å²) in [5.41, 5.74) is 0. The van der Waals surface area contributed by atoms with Crippen LogP contribution in [-0.2, 0) is 0 Å². The van der Waals surface area contributed by atoms with Crippen LogP contribution in [0.15, 0.2) is 18.6 Å².